The Morgan fingerprint density at radius 2 is 1.31 bits per heavy atom. The van der Waals surface area contributed by atoms with Gasteiger partial charge in [0.1, 0.15) is 0 Å². The van der Waals surface area contributed by atoms with Gasteiger partial charge in [-0.3, -0.25) is 0 Å². The van der Waals surface area contributed by atoms with E-state index < -0.39 is 0 Å². The molecule has 1 saturated heterocycles. The van der Waals surface area contributed by atoms with E-state index in [9.17, 15) is 0 Å². The predicted molar refractivity (Wildman–Crippen MR) is 130 cm³/mol. The van der Waals surface area contributed by atoms with Crippen LogP contribution in [0, 0.1) is 0 Å². The van der Waals surface area contributed by atoms with Gasteiger partial charge in [0.05, 0.1) is 0 Å². The average molecular weight is 508 g/mol. The predicted octanol–water partition coefficient (Wildman–Crippen LogP) is 1.28. The number of nitrogen functional groups attached to an aromatic ring is 1. The molecule has 2 aromatic carbocycles. The third kappa shape index (κ3) is 5.06. The van der Waals surface area contributed by atoms with Gasteiger partial charge in [-0.15, -0.1) is 0 Å². The second-order valence-electron chi connectivity index (χ2n) is 7.71. The van der Waals surface area contributed by atoms with Crippen molar-refractivity contribution in [3.05, 3.63) is 113 Å². The van der Waals surface area contributed by atoms with Gasteiger partial charge < -0.3 is 12.4 Å². The van der Waals surface area contributed by atoms with E-state index in [0.29, 0.717) is 0 Å². The molecule has 0 amide bonds. The van der Waals surface area contributed by atoms with Crippen molar-refractivity contribution in [2.45, 2.75) is 0 Å². The molecule has 3 nitrogen and oxygen atoms in total. The van der Waals surface area contributed by atoms with Crippen LogP contribution in [0.15, 0.2) is 102 Å². The first-order valence-corrected chi connectivity index (χ1v) is 12.3. The Kier molecular flexibility index (Phi) is 7.29. The van der Waals surface area contributed by atoms with E-state index in [1.165, 1.54) is 36.9 Å². The zero-order chi connectivity index (χ0) is 21.0. The molecular formula is C27H25ClN2OSe. The summed E-state index contributed by atoms with van der Waals surface area (Å²) in [5, 5.41) is 0. The van der Waals surface area contributed by atoms with E-state index in [2.05, 4.69) is 83.5 Å². The second kappa shape index (κ2) is 10.3. The monoisotopic (exact) mass is 508 g/mol. The fourth-order valence-corrected chi connectivity index (χ4v) is 6.23. The van der Waals surface area contributed by atoms with Crippen molar-refractivity contribution in [2.24, 2.45) is 0 Å². The van der Waals surface area contributed by atoms with Crippen LogP contribution < -0.4 is 18.1 Å². The van der Waals surface area contributed by atoms with Gasteiger partial charge in [0.15, 0.2) is 0 Å². The summed E-state index contributed by atoms with van der Waals surface area (Å²) in [6.45, 7) is 3.52. The number of benzene rings is 2. The van der Waals surface area contributed by atoms with E-state index in [-0.39, 0.29) is 27.4 Å². The molecule has 2 aromatic rings. The first-order valence-electron chi connectivity index (χ1n) is 10.6. The zero-order valence-corrected chi connectivity index (χ0v) is 20.2. The van der Waals surface area contributed by atoms with Gasteiger partial charge in [0.2, 0.25) is 0 Å². The van der Waals surface area contributed by atoms with Crippen LogP contribution in [-0.2, 0) is 4.74 Å². The van der Waals surface area contributed by atoms with E-state index in [4.69, 9.17) is 10.5 Å². The Labute approximate surface area is 201 Å². The topological polar surface area (TPSA) is 38.3 Å². The number of rotatable bonds is 2. The first kappa shape index (κ1) is 22.6. The summed E-state index contributed by atoms with van der Waals surface area (Å²) < 4.78 is 10.7. The Morgan fingerprint density at radius 1 is 0.719 bits per heavy atom. The number of nitrogens with two attached hydrogens (primary N) is 1. The van der Waals surface area contributed by atoms with Crippen LogP contribution in [0.25, 0.3) is 8.94 Å². The third-order valence-corrected chi connectivity index (χ3v) is 8.03. The molecule has 32 heavy (non-hydrogen) atoms. The summed E-state index contributed by atoms with van der Waals surface area (Å²) in [7, 11) is 0. The van der Waals surface area contributed by atoms with Crippen molar-refractivity contribution in [2.75, 3.05) is 32.0 Å². The summed E-state index contributed by atoms with van der Waals surface area (Å²) >= 11 is 0.231. The van der Waals surface area contributed by atoms with E-state index in [1.54, 1.807) is 0 Å². The summed E-state index contributed by atoms with van der Waals surface area (Å²) in [6.07, 6.45) is 13.7. The molecule has 2 N–H and O–H groups in total. The van der Waals surface area contributed by atoms with Crippen molar-refractivity contribution in [3.8, 4) is 0 Å². The maximum atomic E-state index is 5.93. The maximum absolute atomic E-state index is 5.93. The van der Waals surface area contributed by atoms with Crippen LogP contribution in [0.5, 0.6) is 0 Å². The molecule has 0 aromatic heterocycles. The largest absolute Gasteiger partial charge is 1.00 e. The first-order chi connectivity index (χ1) is 15.3. The van der Waals surface area contributed by atoms with Crippen molar-refractivity contribution in [1.29, 1.82) is 0 Å². The molecule has 0 saturated carbocycles. The van der Waals surface area contributed by atoms with Crippen LogP contribution in [-0.4, -0.2) is 51.5 Å². The van der Waals surface area contributed by atoms with E-state index >= 15 is 0 Å². The van der Waals surface area contributed by atoms with Gasteiger partial charge in [0, 0.05) is 0 Å². The number of halogens is 1. The van der Waals surface area contributed by atoms with Crippen molar-refractivity contribution >= 4 is 35.3 Å². The standard InChI is InChI=1S/C27H24N2OSe.ClH/c28-24-10-6-22(7-11-24)27-19-23(18-26(31-27)21-4-2-1-3-5-21)20-8-12-25(13-9-20)29-14-16-30-17-15-29;/h1-13,18-19,28H,14-17H2;1H. The molecule has 0 unspecified atom stereocenters. The summed E-state index contributed by atoms with van der Waals surface area (Å²) in [4.78, 5) is 0. The van der Waals surface area contributed by atoms with Gasteiger partial charge in [-0.1, -0.05) is 0 Å². The van der Waals surface area contributed by atoms with Crippen LogP contribution in [0.3, 0.4) is 0 Å². The molecule has 0 bridgehead atoms. The Bertz CT molecular complexity index is 1150. The molecule has 2 heterocycles. The van der Waals surface area contributed by atoms with Crippen molar-refractivity contribution < 1.29 is 21.7 Å². The van der Waals surface area contributed by atoms with Crippen molar-refractivity contribution in [3.63, 3.8) is 0 Å². The summed E-state index contributed by atoms with van der Waals surface area (Å²) in [5.41, 5.74) is 13.0. The molecule has 3 aliphatic rings. The number of nitrogens with zero attached hydrogens (tertiary/aromatic N) is 1. The second-order valence-corrected chi connectivity index (χ2v) is 9.98. The SMILES string of the molecule is Nc1ccc(C2=CC(=C3C=CC(=[N+]4CCOCC4)C=C3)C=C(c3ccccc3)[Se]2)cc1.[Cl-]. The molecule has 5 rings (SSSR count). The molecule has 1 aliphatic carbocycles. The van der Waals surface area contributed by atoms with Gasteiger partial charge in [-0.25, -0.2) is 0 Å². The van der Waals surface area contributed by atoms with Gasteiger partial charge >= 0.3 is 190 Å². The van der Waals surface area contributed by atoms with Crippen LogP contribution in [0.4, 0.5) is 5.69 Å². The average Bonchev–Trinajstić information content (AvgIpc) is 2.85. The minimum absolute atomic E-state index is 0. The normalized spacial score (nSPS) is 18.2. The summed E-state index contributed by atoms with van der Waals surface area (Å²) in [5.74, 6) is 0. The number of allylic oxidation sites excluding steroid dienone is 8. The molecule has 2 aliphatic heterocycles. The van der Waals surface area contributed by atoms with E-state index in [1.807, 2.05) is 12.1 Å². The summed E-state index contributed by atoms with van der Waals surface area (Å²) in [6, 6.07) is 19.0. The minimum atomic E-state index is 0. The molecule has 1 fully saturated rings. The fourth-order valence-electron chi connectivity index (χ4n) is 3.89. The van der Waals surface area contributed by atoms with Crippen LogP contribution >= 0.6 is 0 Å². The van der Waals surface area contributed by atoms with Crippen LogP contribution in [0.2, 0.25) is 0 Å². The zero-order valence-electron chi connectivity index (χ0n) is 17.7. The quantitative estimate of drug-likeness (QED) is 0.378. The molecule has 162 valence electrons. The molecule has 0 radical (unpaired) electrons. The van der Waals surface area contributed by atoms with Crippen LogP contribution in [0.1, 0.15) is 11.1 Å². The Hall–Kier alpha value is -2.62. The number of morpholine rings is 1. The van der Waals surface area contributed by atoms with Gasteiger partial charge in [-0.2, -0.15) is 0 Å². The molecule has 0 spiro atoms. The third-order valence-electron chi connectivity index (χ3n) is 5.62. The minimum Gasteiger partial charge on any atom is -1.00 e. The number of hydrogen-bond donors (Lipinski definition) is 1. The maximum Gasteiger partial charge on any atom is -1.00 e. The van der Waals surface area contributed by atoms with Crippen molar-refractivity contribution in [1.82, 2.24) is 0 Å². The molecule has 0 atom stereocenters. The molecular weight excluding hydrogens is 483 g/mol. The van der Waals surface area contributed by atoms with E-state index in [0.717, 1.165) is 32.0 Å². The fraction of sp³-hybridized carbons (Fsp3) is 0.148. The van der Waals surface area contributed by atoms with Gasteiger partial charge in [0.25, 0.3) is 0 Å². The smallest absolute Gasteiger partial charge is 1.00 e. The Balaban J connectivity index is 0.00000245. The number of ether oxygens (including phenoxy) is 1. The number of hydrogen-bond acceptors (Lipinski definition) is 2. The number of anilines is 1. The molecule has 5 heteroatoms. The Morgan fingerprint density at radius 3 is 1.94 bits per heavy atom. The van der Waals surface area contributed by atoms with Gasteiger partial charge in [-0.05, 0) is 0 Å².